The van der Waals surface area contributed by atoms with Crippen LogP contribution in [-0.2, 0) is 38.1 Å². The normalized spacial score (nSPS) is 28.8. The summed E-state index contributed by atoms with van der Waals surface area (Å²) in [4.78, 5) is 33.1. The SMILES string of the molecule is CO[C@H]1O[C@@H](COC(C)=O)[C@@H](OC(C)=O)[C@@H]1OC(C)=O. The van der Waals surface area contributed by atoms with Crippen LogP contribution in [0.5, 0.6) is 0 Å². The lowest BCUT2D eigenvalue weighted by Crippen LogP contribution is -2.41. The molecule has 1 saturated heterocycles. The van der Waals surface area contributed by atoms with Crippen molar-refractivity contribution in [3.05, 3.63) is 0 Å². The van der Waals surface area contributed by atoms with Gasteiger partial charge in [0, 0.05) is 27.9 Å². The van der Waals surface area contributed by atoms with Crippen molar-refractivity contribution >= 4 is 17.9 Å². The molecule has 1 aliphatic rings. The zero-order chi connectivity index (χ0) is 15.3. The van der Waals surface area contributed by atoms with Crippen LogP contribution >= 0.6 is 0 Å². The molecule has 114 valence electrons. The smallest absolute Gasteiger partial charge is 0.303 e. The number of carbonyl (C=O) groups is 3. The molecule has 0 unspecified atom stereocenters. The molecule has 0 radical (unpaired) electrons. The fourth-order valence-electron chi connectivity index (χ4n) is 1.87. The molecule has 8 heteroatoms. The maximum atomic E-state index is 11.1. The molecular weight excluding hydrogens is 272 g/mol. The van der Waals surface area contributed by atoms with E-state index in [4.69, 9.17) is 23.7 Å². The first-order chi connectivity index (χ1) is 9.35. The number of carbonyl (C=O) groups excluding carboxylic acids is 3. The van der Waals surface area contributed by atoms with E-state index in [0.29, 0.717) is 0 Å². The second-order valence-corrected chi connectivity index (χ2v) is 4.23. The van der Waals surface area contributed by atoms with E-state index in [9.17, 15) is 14.4 Å². The van der Waals surface area contributed by atoms with Crippen LogP contribution in [0.25, 0.3) is 0 Å². The van der Waals surface area contributed by atoms with Crippen molar-refractivity contribution in [3.63, 3.8) is 0 Å². The Morgan fingerprint density at radius 2 is 1.50 bits per heavy atom. The van der Waals surface area contributed by atoms with Crippen molar-refractivity contribution in [2.45, 2.75) is 45.4 Å². The monoisotopic (exact) mass is 290 g/mol. The quantitative estimate of drug-likeness (QED) is 0.506. The Morgan fingerprint density at radius 1 is 0.950 bits per heavy atom. The van der Waals surface area contributed by atoms with E-state index >= 15 is 0 Å². The van der Waals surface area contributed by atoms with Crippen LogP contribution < -0.4 is 0 Å². The van der Waals surface area contributed by atoms with Gasteiger partial charge in [0.15, 0.2) is 18.5 Å². The second kappa shape index (κ2) is 7.20. The average molecular weight is 290 g/mol. The van der Waals surface area contributed by atoms with E-state index in [1.54, 1.807) is 0 Å². The summed E-state index contributed by atoms with van der Waals surface area (Å²) in [6.45, 7) is 3.54. The highest BCUT2D eigenvalue weighted by Crippen LogP contribution is 2.27. The molecule has 0 aromatic heterocycles. The Bertz CT molecular complexity index is 380. The molecule has 1 aliphatic heterocycles. The number of rotatable bonds is 5. The maximum absolute atomic E-state index is 11.1. The molecule has 8 nitrogen and oxygen atoms in total. The third kappa shape index (κ3) is 4.46. The highest BCUT2D eigenvalue weighted by molar-refractivity contribution is 5.67. The molecule has 0 saturated carbocycles. The van der Waals surface area contributed by atoms with E-state index in [-0.39, 0.29) is 6.61 Å². The van der Waals surface area contributed by atoms with E-state index < -0.39 is 42.5 Å². The van der Waals surface area contributed by atoms with E-state index in [1.165, 1.54) is 27.9 Å². The topological polar surface area (TPSA) is 97.4 Å². The number of ether oxygens (including phenoxy) is 5. The molecule has 0 amide bonds. The molecule has 0 aliphatic carbocycles. The van der Waals surface area contributed by atoms with Crippen molar-refractivity contribution in [1.29, 1.82) is 0 Å². The molecule has 4 atom stereocenters. The van der Waals surface area contributed by atoms with E-state index in [2.05, 4.69) is 0 Å². The number of esters is 3. The Labute approximate surface area is 116 Å². The van der Waals surface area contributed by atoms with Crippen LogP contribution in [0.15, 0.2) is 0 Å². The maximum Gasteiger partial charge on any atom is 0.303 e. The van der Waals surface area contributed by atoms with Gasteiger partial charge >= 0.3 is 17.9 Å². The van der Waals surface area contributed by atoms with Crippen LogP contribution in [0.3, 0.4) is 0 Å². The molecular formula is C12H18O8. The zero-order valence-corrected chi connectivity index (χ0v) is 11.8. The van der Waals surface area contributed by atoms with Crippen LogP contribution in [0.4, 0.5) is 0 Å². The van der Waals surface area contributed by atoms with Crippen molar-refractivity contribution in [2.75, 3.05) is 13.7 Å². The first-order valence-corrected chi connectivity index (χ1v) is 6.01. The lowest BCUT2D eigenvalue weighted by molar-refractivity contribution is -0.181. The Morgan fingerprint density at radius 3 is 1.95 bits per heavy atom. The summed E-state index contributed by atoms with van der Waals surface area (Å²) in [7, 11) is 1.36. The van der Waals surface area contributed by atoms with Crippen molar-refractivity contribution < 1.29 is 38.1 Å². The summed E-state index contributed by atoms with van der Waals surface area (Å²) in [5, 5.41) is 0. The van der Waals surface area contributed by atoms with Crippen molar-refractivity contribution in [1.82, 2.24) is 0 Å². The van der Waals surface area contributed by atoms with Gasteiger partial charge in [-0.05, 0) is 0 Å². The van der Waals surface area contributed by atoms with Crippen LogP contribution in [0, 0.1) is 0 Å². The zero-order valence-electron chi connectivity index (χ0n) is 11.8. The summed E-state index contributed by atoms with van der Waals surface area (Å²) in [5.74, 6) is -1.63. The minimum absolute atomic E-state index is 0.134. The second-order valence-electron chi connectivity index (χ2n) is 4.23. The Balaban J connectivity index is 2.84. The predicted octanol–water partition coefficient (Wildman–Crippen LogP) is -0.216. The third-order valence-electron chi connectivity index (χ3n) is 2.55. The molecule has 1 rings (SSSR count). The molecule has 1 heterocycles. The van der Waals surface area contributed by atoms with Gasteiger partial charge in [-0.2, -0.15) is 0 Å². The van der Waals surface area contributed by atoms with Gasteiger partial charge in [0.2, 0.25) is 0 Å². The fraction of sp³-hybridized carbons (Fsp3) is 0.750. The summed E-state index contributed by atoms with van der Waals surface area (Å²) >= 11 is 0. The molecule has 0 bridgehead atoms. The number of methoxy groups -OCH3 is 1. The van der Waals surface area contributed by atoms with Gasteiger partial charge in [-0.15, -0.1) is 0 Å². The van der Waals surface area contributed by atoms with Crippen LogP contribution in [0.1, 0.15) is 20.8 Å². The highest BCUT2D eigenvalue weighted by Gasteiger charge is 2.49. The van der Waals surface area contributed by atoms with Gasteiger partial charge in [-0.1, -0.05) is 0 Å². The van der Waals surface area contributed by atoms with Gasteiger partial charge in [-0.25, -0.2) is 0 Å². The minimum atomic E-state index is -0.915. The molecule has 0 aromatic rings. The fourth-order valence-corrected chi connectivity index (χ4v) is 1.87. The van der Waals surface area contributed by atoms with E-state index in [0.717, 1.165) is 0 Å². The van der Waals surface area contributed by atoms with Crippen molar-refractivity contribution in [2.24, 2.45) is 0 Å². The average Bonchev–Trinajstić information content (AvgIpc) is 2.63. The molecule has 0 aromatic carbocycles. The molecule has 1 fully saturated rings. The highest BCUT2D eigenvalue weighted by atomic mass is 16.7. The molecule has 0 spiro atoms. The van der Waals surface area contributed by atoms with Gasteiger partial charge in [0.1, 0.15) is 12.7 Å². The Hall–Kier alpha value is -1.67. The lowest BCUT2D eigenvalue weighted by Gasteiger charge is -2.22. The predicted molar refractivity (Wildman–Crippen MR) is 63.4 cm³/mol. The lowest BCUT2D eigenvalue weighted by atomic mass is 10.1. The van der Waals surface area contributed by atoms with Crippen molar-refractivity contribution in [3.8, 4) is 0 Å². The van der Waals surface area contributed by atoms with Gasteiger partial charge < -0.3 is 23.7 Å². The standard InChI is InChI=1S/C12H18O8/c1-6(13)17-5-9-10(18-7(2)14)11(19-8(3)15)12(16-4)20-9/h9-12H,5H2,1-4H3/t9-,10+,11-,12-/m0/s1. The van der Waals surface area contributed by atoms with Crippen LogP contribution in [0.2, 0.25) is 0 Å². The summed E-state index contributed by atoms with van der Waals surface area (Å²) in [6, 6.07) is 0. The number of hydrogen-bond acceptors (Lipinski definition) is 8. The van der Waals surface area contributed by atoms with E-state index in [1.807, 2.05) is 0 Å². The first-order valence-electron chi connectivity index (χ1n) is 6.01. The summed E-state index contributed by atoms with van der Waals surface area (Å²) in [5.41, 5.74) is 0. The number of hydrogen-bond donors (Lipinski definition) is 0. The minimum Gasteiger partial charge on any atom is -0.463 e. The first kappa shape index (κ1) is 16.4. The van der Waals surface area contributed by atoms with Crippen LogP contribution in [-0.4, -0.2) is 56.2 Å². The largest absolute Gasteiger partial charge is 0.463 e. The summed E-state index contributed by atoms with van der Waals surface area (Å²) in [6.07, 6.45) is -3.48. The molecule has 20 heavy (non-hydrogen) atoms. The summed E-state index contributed by atoms with van der Waals surface area (Å²) < 4.78 is 25.5. The third-order valence-corrected chi connectivity index (χ3v) is 2.55. The van der Waals surface area contributed by atoms with Gasteiger partial charge in [-0.3, -0.25) is 14.4 Å². The molecule has 0 N–H and O–H groups in total. The van der Waals surface area contributed by atoms with Gasteiger partial charge in [0.05, 0.1) is 0 Å². The van der Waals surface area contributed by atoms with Gasteiger partial charge in [0.25, 0.3) is 0 Å². The Kier molecular flexibility index (Phi) is 5.90.